The number of nitrogens with zero attached hydrogens (tertiary/aromatic N) is 2. The van der Waals surface area contributed by atoms with Crippen LogP contribution < -0.4 is 0 Å². The molecule has 2 rings (SSSR count). The second-order valence-electron chi connectivity index (χ2n) is 4.37. The molecule has 0 radical (unpaired) electrons. The molecule has 1 aromatic carbocycles. The summed E-state index contributed by atoms with van der Waals surface area (Å²) in [6.07, 6.45) is 1.26. The molecule has 0 spiro atoms. The fourth-order valence-corrected chi connectivity index (χ4v) is 2.47. The molecule has 0 aliphatic rings. The Bertz CT molecular complexity index is 549. The van der Waals surface area contributed by atoms with E-state index < -0.39 is 0 Å². The SMILES string of the molecule is Cc1nn(CCCCF)c(-c2ccc(F)cc2)c1Br. The van der Waals surface area contributed by atoms with Crippen LogP contribution in [0.1, 0.15) is 18.5 Å². The molecule has 0 saturated carbocycles. The molecule has 0 bridgehead atoms. The Kier molecular flexibility index (Phi) is 4.69. The summed E-state index contributed by atoms with van der Waals surface area (Å²) in [4.78, 5) is 0. The molecule has 1 heterocycles. The van der Waals surface area contributed by atoms with Crippen LogP contribution in [0.3, 0.4) is 0 Å². The van der Waals surface area contributed by atoms with Crippen LogP contribution in [-0.4, -0.2) is 16.5 Å². The summed E-state index contributed by atoms with van der Waals surface area (Å²) in [5.41, 5.74) is 2.69. The molecule has 0 fully saturated rings. The maximum atomic E-state index is 13.0. The molecule has 0 saturated heterocycles. The summed E-state index contributed by atoms with van der Waals surface area (Å²) >= 11 is 3.51. The van der Waals surface area contributed by atoms with E-state index in [9.17, 15) is 8.78 Å². The quantitative estimate of drug-likeness (QED) is 0.738. The number of hydrogen-bond donors (Lipinski definition) is 0. The number of aryl methyl sites for hydroxylation is 2. The molecular weight excluding hydrogens is 314 g/mol. The highest BCUT2D eigenvalue weighted by molar-refractivity contribution is 9.10. The van der Waals surface area contributed by atoms with Crippen molar-refractivity contribution in [3.8, 4) is 11.3 Å². The van der Waals surface area contributed by atoms with Gasteiger partial charge in [-0.15, -0.1) is 0 Å². The first kappa shape index (κ1) is 14.2. The van der Waals surface area contributed by atoms with Crippen LogP contribution in [0.15, 0.2) is 28.7 Å². The smallest absolute Gasteiger partial charge is 0.123 e. The van der Waals surface area contributed by atoms with Gasteiger partial charge in [-0.1, -0.05) is 0 Å². The molecule has 0 unspecified atom stereocenters. The Hall–Kier alpha value is -1.23. The van der Waals surface area contributed by atoms with Crippen molar-refractivity contribution >= 4 is 15.9 Å². The van der Waals surface area contributed by atoms with Gasteiger partial charge < -0.3 is 0 Å². The molecule has 0 atom stereocenters. The van der Waals surface area contributed by atoms with Crippen molar-refractivity contribution in [3.05, 3.63) is 40.2 Å². The number of rotatable bonds is 5. The van der Waals surface area contributed by atoms with Crippen LogP contribution in [0.4, 0.5) is 8.78 Å². The lowest BCUT2D eigenvalue weighted by Crippen LogP contribution is -2.03. The number of hydrogen-bond acceptors (Lipinski definition) is 1. The molecule has 2 nitrogen and oxygen atoms in total. The third-order valence-corrected chi connectivity index (χ3v) is 3.87. The fourth-order valence-electron chi connectivity index (χ4n) is 1.96. The van der Waals surface area contributed by atoms with E-state index in [0.717, 1.165) is 27.8 Å². The first-order chi connectivity index (χ1) is 9.13. The maximum Gasteiger partial charge on any atom is 0.123 e. The summed E-state index contributed by atoms with van der Waals surface area (Å²) in [7, 11) is 0. The van der Waals surface area contributed by atoms with Crippen molar-refractivity contribution in [3.63, 3.8) is 0 Å². The van der Waals surface area contributed by atoms with Gasteiger partial charge in [-0.25, -0.2) is 4.39 Å². The number of aromatic nitrogens is 2. The lowest BCUT2D eigenvalue weighted by molar-refractivity contribution is 0.440. The van der Waals surface area contributed by atoms with Gasteiger partial charge in [0.15, 0.2) is 0 Å². The van der Waals surface area contributed by atoms with Gasteiger partial charge in [-0.05, 0) is 60.0 Å². The van der Waals surface area contributed by atoms with Crippen LogP contribution in [0, 0.1) is 12.7 Å². The standard InChI is InChI=1S/C14H15BrF2N2/c1-10-13(15)14(11-4-6-12(17)7-5-11)19(18-10)9-3-2-8-16/h4-7H,2-3,8-9H2,1H3. The van der Waals surface area contributed by atoms with E-state index in [1.807, 2.05) is 11.6 Å². The van der Waals surface area contributed by atoms with E-state index in [1.54, 1.807) is 12.1 Å². The first-order valence-electron chi connectivity index (χ1n) is 6.18. The summed E-state index contributed by atoms with van der Waals surface area (Å²) in [5.74, 6) is -0.264. The first-order valence-corrected chi connectivity index (χ1v) is 6.97. The predicted octanol–water partition coefficient (Wildman–Crippen LogP) is 4.51. The average Bonchev–Trinajstić information content (AvgIpc) is 2.67. The monoisotopic (exact) mass is 328 g/mol. The zero-order valence-electron chi connectivity index (χ0n) is 10.7. The van der Waals surface area contributed by atoms with E-state index >= 15 is 0 Å². The Labute approximate surface area is 119 Å². The summed E-state index contributed by atoms with van der Waals surface area (Å²) in [6.45, 7) is 2.25. The lowest BCUT2D eigenvalue weighted by Gasteiger charge is -2.07. The summed E-state index contributed by atoms with van der Waals surface area (Å²) in [5, 5.41) is 4.43. The minimum absolute atomic E-state index is 0.264. The van der Waals surface area contributed by atoms with Crippen molar-refractivity contribution in [1.82, 2.24) is 9.78 Å². The normalized spacial score (nSPS) is 10.9. The highest BCUT2D eigenvalue weighted by Crippen LogP contribution is 2.31. The largest absolute Gasteiger partial charge is 0.263 e. The Morgan fingerprint density at radius 3 is 2.53 bits per heavy atom. The van der Waals surface area contributed by atoms with Crippen LogP contribution in [0.5, 0.6) is 0 Å². The summed E-state index contributed by atoms with van der Waals surface area (Å²) < 4.78 is 27.9. The second kappa shape index (κ2) is 6.28. The minimum atomic E-state index is -0.312. The van der Waals surface area contributed by atoms with Crippen molar-refractivity contribution in [2.45, 2.75) is 26.3 Å². The highest BCUT2D eigenvalue weighted by Gasteiger charge is 2.14. The van der Waals surface area contributed by atoms with Gasteiger partial charge in [-0.2, -0.15) is 5.10 Å². The van der Waals surface area contributed by atoms with E-state index in [4.69, 9.17) is 0 Å². The third kappa shape index (κ3) is 3.21. The number of benzene rings is 1. The third-order valence-electron chi connectivity index (χ3n) is 2.93. The molecule has 2 aromatic rings. The Balaban J connectivity index is 2.34. The molecule has 1 aromatic heterocycles. The van der Waals surface area contributed by atoms with E-state index in [0.29, 0.717) is 13.0 Å². The van der Waals surface area contributed by atoms with Gasteiger partial charge in [-0.3, -0.25) is 9.07 Å². The van der Waals surface area contributed by atoms with Gasteiger partial charge in [0.05, 0.1) is 22.5 Å². The zero-order valence-corrected chi connectivity index (χ0v) is 12.3. The zero-order chi connectivity index (χ0) is 13.8. The van der Waals surface area contributed by atoms with Crippen LogP contribution in [-0.2, 0) is 6.54 Å². The Morgan fingerprint density at radius 2 is 1.89 bits per heavy atom. The molecule has 0 aliphatic heterocycles. The molecule has 19 heavy (non-hydrogen) atoms. The topological polar surface area (TPSA) is 17.8 Å². The van der Waals surface area contributed by atoms with Gasteiger partial charge >= 0.3 is 0 Å². The molecule has 5 heteroatoms. The van der Waals surface area contributed by atoms with Gasteiger partial charge in [0.2, 0.25) is 0 Å². The van der Waals surface area contributed by atoms with Crippen LogP contribution in [0.25, 0.3) is 11.3 Å². The maximum absolute atomic E-state index is 13.0. The van der Waals surface area contributed by atoms with Gasteiger partial charge in [0.1, 0.15) is 5.82 Å². The molecule has 0 amide bonds. The van der Waals surface area contributed by atoms with Gasteiger partial charge in [0, 0.05) is 12.1 Å². The van der Waals surface area contributed by atoms with Crippen LogP contribution >= 0.6 is 15.9 Å². The van der Waals surface area contributed by atoms with E-state index in [1.165, 1.54) is 12.1 Å². The molecule has 0 aliphatic carbocycles. The molecular formula is C14H15BrF2N2. The number of halogens is 3. The van der Waals surface area contributed by atoms with Crippen LogP contribution in [0.2, 0.25) is 0 Å². The summed E-state index contributed by atoms with van der Waals surface area (Å²) in [6, 6.07) is 6.30. The van der Waals surface area contributed by atoms with Crippen molar-refractivity contribution in [1.29, 1.82) is 0 Å². The van der Waals surface area contributed by atoms with E-state index in [2.05, 4.69) is 21.0 Å². The van der Waals surface area contributed by atoms with Crippen molar-refractivity contribution in [2.75, 3.05) is 6.67 Å². The number of unbranched alkanes of at least 4 members (excludes halogenated alkanes) is 1. The lowest BCUT2D eigenvalue weighted by atomic mass is 10.1. The molecule has 102 valence electrons. The molecule has 0 N–H and O–H groups in total. The van der Waals surface area contributed by atoms with Gasteiger partial charge in [0.25, 0.3) is 0 Å². The average molecular weight is 329 g/mol. The fraction of sp³-hybridized carbons (Fsp3) is 0.357. The van der Waals surface area contributed by atoms with Crippen molar-refractivity contribution < 1.29 is 8.78 Å². The Morgan fingerprint density at radius 1 is 1.21 bits per heavy atom. The van der Waals surface area contributed by atoms with E-state index in [-0.39, 0.29) is 12.5 Å². The highest BCUT2D eigenvalue weighted by atomic mass is 79.9. The van der Waals surface area contributed by atoms with Crippen molar-refractivity contribution in [2.24, 2.45) is 0 Å². The minimum Gasteiger partial charge on any atom is -0.263 e. The number of alkyl halides is 1. The second-order valence-corrected chi connectivity index (χ2v) is 5.17. The predicted molar refractivity (Wildman–Crippen MR) is 75.3 cm³/mol.